The molecule has 30 heavy (non-hydrogen) atoms. The number of hydrogen-bond donors (Lipinski definition) is 1. The second-order valence-electron chi connectivity index (χ2n) is 8.33. The lowest BCUT2D eigenvalue weighted by Gasteiger charge is -2.27. The summed E-state index contributed by atoms with van der Waals surface area (Å²) in [5.74, 6) is -1.98. The number of carbonyl (C=O) groups is 3. The molecule has 1 amide bonds. The second kappa shape index (κ2) is 7.90. The first-order valence-corrected chi connectivity index (χ1v) is 10.4. The Morgan fingerprint density at radius 3 is 2.43 bits per heavy atom. The van der Waals surface area contributed by atoms with Crippen molar-refractivity contribution in [3.05, 3.63) is 71.4 Å². The van der Waals surface area contributed by atoms with Crippen LogP contribution < -0.4 is 0 Å². The molecule has 5 nitrogen and oxygen atoms in total. The normalized spacial score (nSPS) is 19.3. The van der Waals surface area contributed by atoms with Gasteiger partial charge in [0, 0.05) is 23.6 Å². The van der Waals surface area contributed by atoms with Gasteiger partial charge in [0.2, 0.25) is 5.78 Å². The number of benzene rings is 2. The van der Waals surface area contributed by atoms with Gasteiger partial charge in [-0.25, -0.2) is 0 Å². The van der Waals surface area contributed by atoms with E-state index < -0.39 is 23.7 Å². The Bertz CT molecular complexity index is 1110. The third kappa shape index (κ3) is 3.45. The number of aromatic nitrogens is 1. The smallest absolute Gasteiger partial charge is 0.291 e. The van der Waals surface area contributed by atoms with Crippen LogP contribution in [0.5, 0.6) is 0 Å². The van der Waals surface area contributed by atoms with Gasteiger partial charge >= 0.3 is 0 Å². The van der Waals surface area contributed by atoms with Crippen LogP contribution in [0, 0.1) is 5.92 Å². The summed E-state index contributed by atoms with van der Waals surface area (Å²) in [5, 5.41) is 1.11. The highest BCUT2D eigenvalue weighted by Crippen LogP contribution is 2.37. The molecule has 0 aliphatic carbocycles. The van der Waals surface area contributed by atoms with E-state index in [0.717, 1.165) is 22.0 Å². The summed E-state index contributed by atoms with van der Waals surface area (Å²) in [5.41, 5.74) is 4.14. The predicted molar refractivity (Wildman–Crippen MR) is 116 cm³/mol. The number of nitrogens with one attached hydrogen (secondary N) is 1. The number of H-pyrrole nitrogens is 1. The Balaban J connectivity index is 1.65. The van der Waals surface area contributed by atoms with E-state index in [1.54, 1.807) is 4.90 Å². The van der Waals surface area contributed by atoms with E-state index >= 15 is 0 Å². The maximum atomic E-state index is 12.8. The van der Waals surface area contributed by atoms with Gasteiger partial charge in [0.05, 0.1) is 6.04 Å². The van der Waals surface area contributed by atoms with Crippen molar-refractivity contribution in [2.24, 2.45) is 5.92 Å². The van der Waals surface area contributed by atoms with Gasteiger partial charge in [-0.15, -0.1) is 0 Å². The zero-order valence-corrected chi connectivity index (χ0v) is 17.5. The molecular weight excluding hydrogens is 376 g/mol. The lowest BCUT2D eigenvalue weighted by Crippen LogP contribution is -2.32. The first-order chi connectivity index (χ1) is 14.4. The molecule has 2 aromatic carbocycles. The maximum Gasteiger partial charge on any atom is 0.291 e. The Kier molecular flexibility index (Phi) is 5.29. The number of aromatic amines is 1. The van der Waals surface area contributed by atoms with E-state index in [1.165, 1.54) is 12.5 Å². The van der Waals surface area contributed by atoms with Crippen molar-refractivity contribution < 1.29 is 14.4 Å². The molecule has 2 atom stereocenters. The molecular formula is C25H26N2O3. The lowest BCUT2D eigenvalue weighted by molar-refractivity contribution is -0.142. The molecule has 0 spiro atoms. The van der Waals surface area contributed by atoms with E-state index in [0.29, 0.717) is 18.9 Å². The van der Waals surface area contributed by atoms with Crippen LogP contribution in [-0.4, -0.2) is 33.9 Å². The van der Waals surface area contributed by atoms with E-state index in [9.17, 15) is 14.4 Å². The fourth-order valence-corrected chi connectivity index (χ4v) is 4.40. The van der Waals surface area contributed by atoms with Crippen molar-refractivity contribution in [2.75, 3.05) is 6.54 Å². The van der Waals surface area contributed by atoms with Crippen LogP contribution in [0.4, 0.5) is 0 Å². The molecule has 1 aromatic heterocycles. The van der Waals surface area contributed by atoms with E-state index in [4.69, 9.17) is 0 Å². The third-order valence-electron chi connectivity index (χ3n) is 6.09. The Hall–Kier alpha value is -3.21. The second-order valence-corrected chi connectivity index (χ2v) is 8.33. The summed E-state index contributed by atoms with van der Waals surface area (Å²) >= 11 is 0. The van der Waals surface area contributed by atoms with Gasteiger partial charge in [-0.2, -0.15) is 0 Å². The highest BCUT2D eigenvalue weighted by molar-refractivity contribution is 6.42. The fraction of sp³-hybridized carbons (Fsp3) is 0.320. The van der Waals surface area contributed by atoms with Crippen molar-refractivity contribution in [1.82, 2.24) is 9.88 Å². The summed E-state index contributed by atoms with van der Waals surface area (Å²) in [6.07, 6.45) is 2.55. The zero-order valence-electron chi connectivity index (χ0n) is 17.5. The number of fused-ring (bicyclic) bond motifs is 1. The number of ketones is 2. The molecule has 2 heterocycles. The summed E-state index contributed by atoms with van der Waals surface area (Å²) in [6, 6.07) is 15.4. The van der Waals surface area contributed by atoms with Gasteiger partial charge in [0.1, 0.15) is 11.7 Å². The van der Waals surface area contributed by atoms with E-state index in [-0.39, 0.29) is 5.78 Å². The molecule has 1 aliphatic rings. The SMILES string of the molecule is CC(=O)C1C(=O)C(=O)N(CCc2c[nH]c3ccccc23)C1c1ccc(C(C)C)cc1. The Morgan fingerprint density at radius 2 is 1.77 bits per heavy atom. The molecule has 5 heteroatoms. The number of para-hydroxylation sites is 1. The first kappa shape index (κ1) is 20.1. The molecule has 0 bridgehead atoms. The Labute approximate surface area is 176 Å². The number of Topliss-reactive ketones (excluding diaryl/α,β-unsaturated/α-hetero) is 2. The quantitative estimate of drug-likeness (QED) is 0.496. The number of likely N-dealkylation sites (tertiary alicyclic amines) is 1. The summed E-state index contributed by atoms with van der Waals surface area (Å²) in [4.78, 5) is 42.6. The maximum absolute atomic E-state index is 12.8. The van der Waals surface area contributed by atoms with Crippen molar-refractivity contribution >= 4 is 28.4 Å². The summed E-state index contributed by atoms with van der Waals surface area (Å²) < 4.78 is 0. The molecule has 4 rings (SSSR count). The van der Waals surface area contributed by atoms with Gasteiger partial charge in [-0.1, -0.05) is 56.3 Å². The molecule has 1 saturated heterocycles. The minimum Gasteiger partial charge on any atom is -0.361 e. The Morgan fingerprint density at radius 1 is 1.07 bits per heavy atom. The fourth-order valence-electron chi connectivity index (χ4n) is 4.40. The van der Waals surface area contributed by atoms with E-state index in [1.807, 2.05) is 54.7 Å². The van der Waals surface area contributed by atoms with Crippen LogP contribution in [-0.2, 0) is 20.8 Å². The number of rotatable bonds is 6. The zero-order chi connectivity index (χ0) is 21.4. The molecule has 0 radical (unpaired) electrons. The summed E-state index contributed by atoms with van der Waals surface area (Å²) in [6.45, 7) is 6.01. The van der Waals surface area contributed by atoms with Crippen molar-refractivity contribution in [2.45, 2.75) is 39.2 Å². The van der Waals surface area contributed by atoms with Gasteiger partial charge < -0.3 is 9.88 Å². The minimum absolute atomic E-state index is 0.263. The molecule has 1 fully saturated rings. The number of carbonyl (C=O) groups excluding carboxylic acids is 3. The lowest BCUT2D eigenvalue weighted by atomic mass is 9.88. The van der Waals surface area contributed by atoms with Crippen LogP contribution in [0.1, 0.15) is 49.4 Å². The third-order valence-corrected chi connectivity index (χ3v) is 6.09. The number of nitrogens with zero attached hydrogens (tertiary/aromatic N) is 1. The molecule has 2 unspecified atom stereocenters. The molecule has 3 aromatic rings. The van der Waals surface area contributed by atoms with Crippen molar-refractivity contribution in [3.63, 3.8) is 0 Å². The molecule has 154 valence electrons. The highest BCUT2D eigenvalue weighted by atomic mass is 16.2. The molecule has 1 N–H and O–H groups in total. The van der Waals surface area contributed by atoms with Crippen LogP contribution in [0.2, 0.25) is 0 Å². The average molecular weight is 402 g/mol. The highest BCUT2D eigenvalue weighted by Gasteiger charge is 2.49. The summed E-state index contributed by atoms with van der Waals surface area (Å²) in [7, 11) is 0. The average Bonchev–Trinajstić information content (AvgIpc) is 3.25. The topological polar surface area (TPSA) is 70.2 Å². The van der Waals surface area contributed by atoms with Gasteiger partial charge in [0.25, 0.3) is 5.91 Å². The minimum atomic E-state index is -0.939. The first-order valence-electron chi connectivity index (χ1n) is 10.4. The van der Waals surface area contributed by atoms with Crippen molar-refractivity contribution in [1.29, 1.82) is 0 Å². The molecule has 1 aliphatic heterocycles. The number of hydrogen-bond acceptors (Lipinski definition) is 3. The monoisotopic (exact) mass is 402 g/mol. The number of amides is 1. The van der Waals surface area contributed by atoms with Gasteiger partial charge in [-0.05, 0) is 42.0 Å². The largest absolute Gasteiger partial charge is 0.361 e. The standard InChI is InChI=1S/C25H26N2O3/c1-15(2)17-8-10-18(11-9-17)23-22(16(3)28)24(29)25(30)27(23)13-12-19-14-26-21-7-5-4-6-20(19)21/h4-11,14-15,22-23,26H,12-13H2,1-3H3. The van der Waals surface area contributed by atoms with Gasteiger partial charge in [0.15, 0.2) is 0 Å². The predicted octanol–water partition coefficient (Wildman–Crippen LogP) is 4.19. The van der Waals surface area contributed by atoms with Crippen LogP contribution in [0.25, 0.3) is 10.9 Å². The van der Waals surface area contributed by atoms with Crippen LogP contribution >= 0.6 is 0 Å². The van der Waals surface area contributed by atoms with E-state index in [2.05, 4.69) is 18.8 Å². The van der Waals surface area contributed by atoms with Crippen LogP contribution in [0.3, 0.4) is 0 Å². The van der Waals surface area contributed by atoms with Crippen molar-refractivity contribution in [3.8, 4) is 0 Å². The van der Waals surface area contributed by atoms with Gasteiger partial charge in [-0.3, -0.25) is 14.4 Å². The van der Waals surface area contributed by atoms with Crippen LogP contribution in [0.15, 0.2) is 54.7 Å². The molecule has 0 saturated carbocycles.